The highest BCUT2D eigenvalue weighted by molar-refractivity contribution is 6.64. The summed E-state index contributed by atoms with van der Waals surface area (Å²) in [5.41, 5.74) is 1.26. The van der Waals surface area contributed by atoms with Gasteiger partial charge < -0.3 is 9.31 Å². The molecule has 5 rings (SSSR count). The van der Waals surface area contributed by atoms with Gasteiger partial charge in [0.1, 0.15) is 5.82 Å². The van der Waals surface area contributed by atoms with E-state index in [1.165, 1.54) is 0 Å². The molecule has 0 saturated carbocycles. The van der Waals surface area contributed by atoms with E-state index >= 15 is 4.39 Å². The Morgan fingerprint density at radius 1 is 0.800 bits per heavy atom. The van der Waals surface area contributed by atoms with Crippen molar-refractivity contribution in [2.75, 3.05) is 0 Å². The van der Waals surface area contributed by atoms with Gasteiger partial charge in [0.25, 0.3) is 0 Å². The van der Waals surface area contributed by atoms with Crippen molar-refractivity contribution in [1.82, 2.24) is 4.98 Å². The highest BCUT2D eigenvalue weighted by atomic mass is 19.1. The summed E-state index contributed by atoms with van der Waals surface area (Å²) in [4.78, 5) is 4.73. The quantitative estimate of drug-likeness (QED) is 0.418. The summed E-state index contributed by atoms with van der Waals surface area (Å²) in [7, 11) is -0.690. The third-order valence-corrected chi connectivity index (χ3v) is 6.44. The van der Waals surface area contributed by atoms with Crippen molar-refractivity contribution < 1.29 is 13.7 Å². The molecule has 1 saturated heterocycles. The standard InChI is InChI=1S/C25H23BFNO2/c1-24(2)25(3,4)30-26(29-24)20-15-21(27)18-11-7-8-12-19(18)22(20)23-17-10-6-5-9-16(17)13-14-28-23/h5-15H,1-4H3. The van der Waals surface area contributed by atoms with Crippen molar-refractivity contribution >= 4 is 34.1 Å². The molecular formula is C25H23BFNO2. The maximum atomic E-state index is 15.2. The molecular weight excluding hydrogens is 376 g/mol. The molecule has 0 atom stereocenters. The molecule has 0 bridgehead atoms. The van der Waals surface area contributed by atoms with E-state index in [1.807, 2.05) is 70.2 Å². The van der Waals surface area contributed by atoms with E-state index in [1.54, 1.807) is 18.3 Å². The van der Waals surface area contributed by atoms with Crippen molar-refractivity contribution in [2.45, 2.75) is 38.9 Å². The fourth-order valence-electron chi connectivity index (χ4n) is 4.09. The van der Waals surface area contributed by atoms with Gasteiger partial charge in [-0.2, -0.15) is 0 Å². The maximum Gasteiger partial charge on any atom is 0.495 e. The molecule has 30 heavy (non-hydrogen) atoms. The number of rotatable bonds is 2. The largest absolute Gasteiger partial charge is 0.495 e. The van der Waals surface area contributed by atoms with E-state index < -0.39 is 18.3 Å². The molecule has 1 aromatic heterocycles. The zero-order valence-corrected chi connectivity index (χ0v) is 17.6. The first-order chi connectivity index (χ1) is 14.3. The number of hydrogen-bond donors (Lipinski definition) is 0. The van der Waals surface area contributed by atoms with Crippen LogP contribution in [0.5, 0.6) is 0 Å². The molecule has 0 N–H and O–H groups in total. The van der Waals surface area contributed by atoms with Gasteiger partial charge in [-0.25, -0.2) is 4.39 Å². The fraction of sp³-hybridized carbons (Fsp3) is 0.240. The highest BCUT2D eigenvalue weighted by Crippen LogP contribution is 2.39. The number of halogens is 1. The molecule has 2 heterocycles. The predicted octanol–water partition coefficient (Wildman–Crippen LogP) is 5.49. The molecule has 1 fully saturated rings. The Morgan fingerprint density at radius 3 is 2.10 bits per heavy atom. The van der Waals surface area contributed by atoms with Crippen molar-refractivity contribution in [2.24, 2.45) is 0 Å². The third-order valence-electron chi connectivity index (χ3n) is 6.44. The Balaban J connectivity index is 1.85. The lowest BCUT2D eigenvalue weighted by atomic mass is 9.73. The molecule has 0 unspecified atom stereocenters. The fourth-order valence-corrected chi connectivity index (χ4v) is 4.09. The van der Waals surface area contributed by atoms with E-state index in [2.05, 4.69) is 6.07 Å². The van der Waals surface area contributed by atoms with Gasteiger partial charge in [0.05, 0.1) is 16.9 Å². The second kappa shape index (κ2) is 6.63. The van der Waals surface area contributed by atoms with Crippen LogP contribution in [0.2, 0.25) is 0 Å². The minimum absolute atomic E-state index is 0.292. The summed E-state index contributed by atoms with van der Waals surface area (Å²) >= 11 is 0. The number of benzene rings is 3. The van der Waals surface area contributed by atoms with Crippen LogP contribution in [0.4, 0.5) is 4.39 Å². The van der Waals surface area contributed by atoms with Gasteiger partial charge in [-0.15, -0.1) is 0 Å². The predicted molar refractivity (Wildman–Crippen MR) is 120 cm³/mol. The van der Waals surface area contributed by atoms with Crippen LogP contribution in [-0.4, -0.2) is 23.3 Å². The zero-order chi connectivity index (χ0) is 21.1. The number of pyridine rings is 1. The van der Waals surface area contributed by atoms with Gasteiger partial charge in [-0.3, -0.25) is 4.98 Å². The SMILES string of the molecule is CC1(C)OB(c2cc(F)c3ccccc3c2-c2nccc3ccccc23)OC1(C)C. The van der Waals surface area contributed by atoms with Crippen LogP contribution in [-0.2, 0) is 9.31 Å². The van der Waals surface area contributed by atoms with Crippen molar-refractivity contribution in [1.29, 1.82) is 0 Å². The zero-order valence-electron chi connectivity index (χ0n) is 17.6. The second-order valence-electron chi connectivity index (χ2n) is 8.84. The summed E-state index contributed by atoms with van der Waals surface area (Å²) in [6, 6.07) is 19.1. The van der Waals surface area contributed by atoms with Gasteiger partial charge in [0.15, 0.2) is 0 Å². The number of aromatic nitrogens is 1. The molecule has 5 heteroatoms. The Morgan fingerprint density at radius 2 is 1.40 bits per heavy atom. The molecule has 0 aliphatic carbocycles. The first-order valence-corrected chi connectivity index (χ1v) is 10.2. The Labute approximate surface area is 176 Å². The van der Waals surface area contributed by atoms with Gasteiger partial charge in [-0.05, 0) is 56.1 Å². The molecule has 0 radical (unpaired) electrons. The first kappa shape index (κ1) is 19.2. The molecule has 1 aliphatic heterocycles. The van der Waals surface area contributed by atoms with Crippen LogP contribution in [0, 0.1) is 5.82 Å². The maximum absolute atomic E-state index is 15.2. The van der Waals surface area contributed by atoms with Gasteiger partial charge >= 0.3 is 7.12 Å². The summed E-state index contributed by atoms with van der Waals surface area (Å²) in [6.07, 6.45) is 1.80. The summed E-state index contributed by atoms with van der Waals surface area (Å²) in [5, 5.41) is 3.44. The average molecular weight is 399 g/mol. The normalized spacial score (nSPS) is 17.7. The Hall–Kier alpha value is -2.76. The minimum atomic E-state index is -0.690. The molecule has 150 valence electrons. The summed E-state index contributed by atoms with van der Waals surface area (Å²) in [5.74, 6) is -0.292. The highest BCUT2D eigenvalue weighted by Gasteiger charge is 2.52. The topological polar surface area (TPSA) is 31.4 Å². The molecule has 0 amide bonds. The lowest BCUT2D eigenvalue weighted by Gasteiger charge is -2.32. The van der Waals surface area contributed by atoms with Crippen molar-refractivity contribution in [3.8, 4) is 11.3 Å². The molecule has 3 nitrogen and oxygen atoms in total. The van der Waals surface area contributed by atoms with Crippen LogP contribution in [0.1, 0.15) is 27.7 Å². The van der Waals surface area contributed by atoms with Crippen molar-refractivity contribution in [3.63, 3.8) is 0 Å². The van der Waals surface area contributed by atoms with Gasteiger partial charge in [-0.1, -0.05) is 48.5 Å². The smallest absolute Gasteiger partial charge is 0.399 e. The second-order valence-corrected chi connectivity index (χ2v) is 8.84. The van der Waals surface area contributed by atoms with Crippen molar-refractivity contribution in [3.05, 3.63) is 72.7 Å². The number of hydrogen-bond acceptors (Lipinski definition) is 3. The van der Waals surface area contributed by atoms with E-state index in [4.69, 9.17) is 14.3 Å². The average Bonchev–Trinajstić information content (AvgIpc) is 2.95. The van der Waals surface area contributed by atoms with E-state index in [0.29, 0.717) is 10.8 Å². The molecule has 4 aromatic rings. The molecule has 0 spiro atoms. The lowest BCUT2D eigenvalue weighted by Crippen LogP contribution is -2.41. The van der Waals surface area contributed by atoms with Crippen LogP contribution >= 0.6 is 0 Å². The number of fused-ring (bicyclic) bond motifs is 2. The van der Waals surface area contributed by atoms with Crippen LogP contribution in [0.15, 0.2) is 66.9 Å². The van der Waals surface area contributed by atoms with Gasteiger partial charge in [0.2, 0.25) is 0 Å². The molecule has 1 aliphatic rings. The minimum Gasteiger partial charge on any atom is -0.399 e. The monoisotopic (exact) mass is 399 g/mol. The number of nitrogens with zero attached hydrogens (tertiary/aromatic N) is 1. The van der Waals surface area contributed by atoms with Gasteiger partial charge in [0, 0.05) is 22.5 Å². The van der Waals surface area contributed by atoms with E-state index in [9.17, 15) is 0 Å². The molecule has 3 aromatic carbocycles. The van der Waals surface area contributed by atoms with Crippen LogP contribution < -0.4 is 5.46 Å². The van der Waals surface area contributed by atoms with E-state index in [-0.39, 0.29) is 5.82 Å². The summed E-state index contributed by atoms with van der Waals surface area (Å²) in [6.45, 7) is 8.00. The first-order valence-electron chi connectivity index (χ1n) is 10.2. The Bertz CT molecular complexity index is 1260. The van der Waals surface area contributed by atoms with Crippen LogP contribution in [0.25, 0.3) is 32.8 Å². The van der Waals surface area contributed by atoms with Crippen LogP contribution in [0.3, 0.4) is 0 Å². The third kappa shape index (κ3) is 2.84. The van der Waals surface area contributed by atoms with E-state index in [0.717, 1.165) is 27.4 Å². The lowest BCUT2D eigenvalue weighted by molar-refractivity contribution is 0.00578. The Kier molecular flexibility index (Phi) is 4.25. The summed E-state index contributed by atoms with van der Waals surface area (Å²) < 4.78 is 27.8.